The third kappa shape index (κ3) is 2.56. The molecular weight excluding hydrogens is 168 g/mol. The van der Waals surface area contributed by atoms with E-state index in [1.54, 1.807) is 18.2 Å². The molecule has 1 atom stereocenters. The van der Waals surface area contributed by atoms with Gasteiger partial charge in [0, 0.05) is 13.5 Å². The van der Waals surface area contributed by atoms with Crippen molar-refractivity contribution >= 4 is 6.29 Å². The molecule has 0 radical (unpaired) electrons. The van der Waals surface area contributed by atoms with Crippen LogP contribution in [0.25, 0.3) is 0 Å². The molecule has 70 valence electrons. The largest absolute Gasteiger partial charge is 0.508 e. The molecule has 3 heteroatoms. The van der Waals surface area contributed by atoms with Gasteiger partial charge in [0.25, 0.3) is 0 Å². The first-order valence-electron chi connectivity index (χ1n) is 4.03. The van der Waals surface area contributed by atoms with Gasteiger partial charge in [-0.15, -0.1) is 0 Å². The number of benzene rings is 1. The summed E-state index contributed by atoms with van der Waals surface area (Å²) in [6.07, 6.45) is 0.660. The number of aromatic hydroxyl groups is 1. The molecule has 13 heavy (non-hydrogen) atoms. The Bertz CT molecular complexity index is 283. The highest BCUT2D eigenvalue weighted by Crippen LogP contribution is 2.17. The van der Waals surface area contributed by atoms with Crippen LogP contribution >= 0.6 is 0 Å². The molecule has 0 aliphatic rings. The number of hydrogen-bond donors (Lipinski definition) is 1. The van der Waals surface area contributed by atoms with Crippen molar-refractivity contribution in [1.82, 2.24) is 0 Å². The van der Waals surface area contributed by atoms with E-state index in [9.17, 15) is 9.90 Å². The Balaban J connectivity index is 2.73. The molecule has 1 N–H and O–H groups in total. The van der Waals surface area contributed by atoms with Crippen molar-refractivity contribution in [3.05, 3.63) is 29.8 Å². The van der Waals surface area contributed by atoms with Gasteiger partial charge >= 0.3 is 0 Å². The summed E-state index contributed by atoms with van der Waals surface area (Å²) in [5.41, 5.74) is 0.724. The van der Waals surface area contributed by atoms with E-state index in [2.05, 4.69) is 0 Å². The van der Waals surface area contributed by atoms with Crippen molar-refractivity contribution in [3.63, 3.8) is 0 Å². The first-order valence-corrected chi connectivity index (χ1v) is 4.03. The van der Waals surface area contributed by atoms with Gasteiger partial charge in [-0.2, -0.15) is 0 Å². The van der Waals surface area contributed by atoms with E-state index < -0.39 is 6.10 Å². The summed E-state index contributed by atoms with van der Waals surface area (Å²) in [5.74, 6) is 0.200. The number of phenolic OH excluding ortho intramolecular Hbond substituents is 1. The SMILES string of the molecule is COC(C=O)Cc1ccccc1O. The zero-order chi connectivity index (χ0) is 9.68. The second kappa shape index (κ2) is 4.62. The summed E-state index contributed by atoms with van der Waals surface area (Å²) >= 11 is 0. The fraction of sp³-hybridized carbons (Fsp3) is 0.300. The summed E-state index contributed by atoms with van der Waals surface area (Å²) in [7, 11) is 1.47. The molecule has 0 saturated heterocycles. The van der Waals surface area contributed by atoms with Crippen molar-refractivity contribution in [2.75, 3.05) is 7.11 Å². The Morgan fingerprint density at radius 3 is 2.77 bits per heavy atom. The summed E-state index contributed by atoms with van der Waals surface area (Å²) in [5, 5.41) is 9.38. The number of rotatable bonds is 4. The average Bonchev–Trinajstić information content (AvgIpc) is 2.17. The summed E-state index contributed by atoms with van der Waals surface area (Å²) in [6.45, 7) is 0. The Morgan fingerprint density at radius 1 is 1.54 bits per heavy atom. The number of phenols is 1. The first-order chi connectivity index (χ1) is 6.27. The predicted octanol–water partition coefficient (Wildman–Crippen LogP) is 1.15. The van der Waals surface area contributed by atoms with E-state index in [4.69, 9.17) is 4.74 Å². The summed E-state index contributed by atoms with van der Waals surface area (Å²) in [6, 6.07) is 6.91. The third-order valence-corrected chi connectivity index (χ3v) is 1.87. The van der Waals surface area contributed by atoms with Crippen LogP contribution in [-0.4, -0.2) is 24.6 Å². The molecule has 0 spiro atoms. The summed E-state index contributed by atoms with van der Waals surface area (Å²) < 4.78 is 4.88. The van der Waals surface area contributed by atoms with E-state index >= 15 is 0 Å². The molecule has 0 aliphatic heterocycles. The van der Waals surface area contributed by atoms with E-state index in [1.165, 1.54) is 7.11 Å². The molecule has 0 fully saturated rings. The lowest BCUT2D eigenvalue weighted by atomic mass is 10.1. The molecule has 0 saturated carbocycles. The number of carbonyl (C=O) groups is 1. The topological polar surface area (TPSA) is 46.5 Å². The van der Waals surface area contributed by atoms with Crippen LogP contribution in [0.1, 0.15) is 5.56 Å². The molecule has 1 rings (SSSR count). The molecule has 0 aliphatic carbocycles. The van der Waals surface area contributed by atoms with Gasteiger partial charge in [-0.05, 0) is 11.6 Å². The highest BCUT2D eigenvalue weighted by Gasteiger charge is 2.08. The smallest absolute Gasteiger partial charge is 0.149 e. The number of hydrogen-bond acceptors (Lipinski definition) is 3. The average molecular weight is 180 g/mol. The first kappa shape index (κ1) is 9.74. The number of para-hydroxylation sites is 1. The Morgan fingerprint density at radius 2 is 2.23 bits per heavy atom. The highest BCUT2D eigenvalue weighted by molar-refractivity contribution is 5.57. The van der Waals surface area contributed by atoms with Crippen LogP contribution in [0.4, 0.5) is 0 Å². The van der Waals surface area contributed by atoms with Crippen molar-refractivity contribution in [1.29, 1.82) is 0 Å². The minimum absolute atomic E-state index is 0.200. The van der Waals surface area contributed by atoms with Crippen molar-refractivity contribution in [3.8, 4) is 5.75 Å². The number of carbonyl (C=O) groups excluding carboxylic acids is 1. The zero-order valence-electron chi connectivity index (χ0n) is 7.43. The number of methoxy groups -OCH3 is 1. The molecule has 0 aromatic heterocycles. The van der Waals surface area contributed by atoms with Gasteiger partial charge < -0.3 is 14.6 Å². The fourth-order valence-electron chi connectivity index (χ4n) is 1.09. The van der Waals surface area contributed by atoms with E-state index in [1.807, 2.05) is 6.07 Å². The minimum atomic E-state index is -0.478. The standard InChI is InChI=1S/C10H12O3/c1-13-9(7-11)6-8-4-2-3-5-10(8)12/h2-5,7,9,12H,6H2,1H3. The molecule has 0 heterocycles. The monoisotopic (exact) mass is 180 g/mol. The van der Waals surface area contributed by atoms with Gasteiger partial charge in [0.1, 0.15) is 18.1 Å². The quantitative estimate of drug-likeness (QED) is 0.707. The fourth-order valence-corrected chi connectivity index (χ4v) is 1.09. The third-order valence-electron chi connectivity index (χ3n) is 1.87. The lowest BCUT2D eigenvalue weighted by Gasteiger charge is -2.08. The van der Waals surface area contributed by atoms with Crippen LogP contribution in [-0.2, 0) is 16.0 Å². The Labute approximate surface area is 77.0 Å². The van der Waals surface area contributed by atoms with E-state index in [0.717, 1.165) is 11.8 Å². The molecule has 1 aromatic rings. The zero-order valence-corrected chi connectivity index (χ0v) is 7.43. The Kier molecular flexibility index (Phi) is 3.46. The van der Waals surface area contributed by atoms with Crippen molar-refractivity contribution in [2.24, 2.45) is 0 Å². The van der Waals surface area contributed by atoms with Gasteiger partial charge in [0.2, 0.25) is 0 Å². The maximum atomic E-state index is 10.4. The lowest BCUT2D eigenvalue weighted by molar-refractivity contribution is -0.116. The van der Waals surface area contributed by atoms with Crippen LogP contribution in [0.2, 0.25) is 0 Å². The van der Waals surface area contributed by atoms with Crippen LogP contribution in [0.3, 0.4) is 0 Å². The maximum Gasteiger partial charge on any atom is 0.149 e. The molecule has 0 bridgehead atoms. The normalized spacial score (nSPS) is 12.4. The van der Waals surface area contributed by atoms with Gasteiger partial charge in [-0.25, -0.2) is 0 Å². The van der Waals surface area contributed by atoms with Crippen LogP contribution < -0.4 is 0 Å². The minimum Gasteiger partial charge on any atom is -0.508 e. The van der Waals surface area contributed by atoms with Gasteiger partial charge in [0.05, 0.1) is 0 Å². The lowest BCUT2D eigenvalue weighted by Crippen LogP contribution is -2.15. The highest BCUT2D eigenvalue weighted by atomic mass is 16.5. The predicted molar refractivity (Wildman–Crippen MR) is 48.7 cm³/mol. The van der Waals surface area contributed by atoms with Crippen molar-refractivity contribution < 1.29 is 14.6 Å². The van der Waals surface area contributed by atoms with Gasteiger partial charge in [-0.1, -0.05) is 18.2 Å². The van der Waals surface area contributed by atoms with Crippen LogP contribution in [0.5, 0.6) is 5.75 Å². The molecule has 1 aromatic carbocycles. The molecule has 3 nitrogen and oxygen atoms in total. The number of aldehydes is 1. The van der Waals surface area contributed by atoms with E-state index in [0.29, 0.717) is 6.42 Å². The van der Waals surface area contributed by atoms with Crippen LogP contribution in [0, 0.1) is 0 Å². The van der Waals surface area contributed by atoms with Gasteiger partial charge in [-0.3, -0.25) is 0 Å². The van der Waals surface area contributed by atoms with Crippen LogP contribution in [0.15, 0.2) is 24.3 Å². The second-order valence-electron chi connectivity index (χ2n) is 2.74. The molecular formula is C10H12O3. The van der Waals surface area contributed by atoms with Gasteiger partial charge in [0.15, 0.2) is 0 Å². The van der Waals surface area contributed by atoms with E-state index in [-0.39, 0.29) is 5.75 Å². The summed E-state index contributed by atoms with van der Waals surface area (Å²) in [4.78, 5) is 10.4. The molecule has 0 amide bonds. The maximum absolute atomic E-state index is 10.4. The Hall–Kier alpha value is -1.35. The number of ether oxygens (including phenoxy) is 1. The van der Waals surface area contributed by atoms with Crippen molar-refractivity contribution in [2.45, 2.75) is 12.5 Å². The molecule has 1 unspecified atom stereocenters. The second-order valence-corrected chi connectivity index (χ2v) is 2.74.